The van der Waals surface area contributed by atoms with Crippen LogP contribution in [0, 0.1) is 11.8 Å². The first-order chi connectivity index (χ1) is 7.64. The van der Waals surface area contributed by atoms with E-state index < -0.39 is 48.9 Å². The van der Waals surface area contributed by atoms with E-state index in [1.165, 1.54) is 0 Å². The van der Waals surface area contributed by atoms with Crippen LogP contribution in [0.3, 0.4) is 0 Å². The number of halogens is 3. The van der Waals surface area contributed by atoms with E-state index in [0.29, 0.717) is 0 Å². The Morgan fingerprint density at radius 1 is 1.29 bits per heavy atom. The summed E-state index contributed by atoms with van der Waals surface area (Å²) in [6, 6.07) is 0. The Balaban J connectivity index is 3.01. The summed E-state index contributed by atoms with van der Waals surface area (Å²) in [7, 11) is 0. The molecular formula is C8H8F3NO5. The van der Waals surface area contributed by atoms with Crippen molar-refractivity contribution in [1.82, 2.24) is 4.90 Å². The van der Waals surface area contributed by atoms with Gasteiger partial charge in [-0.15, -0.1) is 0 Å². The fourth-order valence-electron chi connectivity index (χ4n) is 1.57. The van der Waals surface area contributed by atoms with Gasteiger partial charge in [0, 0.05) is 6.54 Å². The molecule has 1 saturated heterocycles. The molecule has 1 heterocycles. The van der Waals surface area contributed by atoms with Crippen molar-refractivity contribution in [3.05, 3.63) is 0 Å². The highest BCUT2D eigenvalue weighted by Crippen LogP contribution is 2.35. The molecule has 2 atom stereocenters. The molecule has 2 N–H and O–H groups in total. The van der Waals surface area contributed by atoms with Gasteiger partial charge in [0.1, 0.15) is 5.92 Å². The van der Waals surface area contributed by atoms with E-state index in [1.54, 1.807) is 0 Å². The maximum absolute atomic E-state index is 12.4. The van der Waals surface area contributed by atoms with Crippen molar-refractivity contribution in [2.24, 2.45) is 11.8 Å². The molecule has 1 aliphatic rings. The maximum Gasteiger partial charge on any atom is 0.414 e. The van der Waals surface area contributed by atoms with Gasteiger partial charge in [-0.1, -0.05) is 0 Å². The van der Waals surface area contributed by atoms with Crippen molar-refractivity contribution >= 4 is 18.0 Å². The van der Waals surface area contributed by atoms with E-state index in [0.717, 1.165) is 0 Å². The van der Waals surface area contributed by atoms with Gasteiger partial charge in [0.05, 0.1) is 5.92 Å². The Kier molecular flexibility index (Phi) is 3.30. The number of rotatable bonds is 1. The number of carbonyl (C=O) groups is 3. The number of imide groups is 1. The van der Waals surface area contributed by atoms with Gasteiger partial charge >= 0.3 is 18.2 Å². The zero-order valence-electron chi connectivity index (χ0n) is 8.27. The van der Waals surface area contributed by atoms with Gasteiger partial charge in [0.2, 0.25) is 5.91 Å². The summed E-state index contributed by atoms with van der Waals surface area (Å²) in [5.41, 5.74) is 0. The number of alkyl halides is 3. The van der Waals surface area contributed by atoms with Gasteiger partial charge in [-0.3, -0.25) is 9.59 Å². The number of amides is 2. The lowest BCUT2D eigenvalue weighted by Gasteiger charge is -2.33. The van der Waals surface area contributed by atoms with E-state index in [-0.39, 0.29) is 4.90 Å². The number of aliphatic carboxylic acids is 1. The first kappa shape index (κ1) is 13.3. The van der Waals surface area contributed by atoms with E-state index in [4.69, 9.17) is 10.2 Å². The summed E-state index contributed by atoms with van der Waals surface area (Å²) in [4.78, 5) is 32.3. The summed E-state index contributed by atoms with van der Waals surface area (Å²) in [6.07, 6.45) is -7.54. The molecule has 0 saturated carbocycles. The number of piperidine rings is 1. The summed E-state index contributed by atoms with van der Waals surface area (Å²) in [5.74, 6) is -7.19. The average Bonchev–Trinajstić information content (AvgIpc) is 2.14. The Bertz CT molecular complexity index is 341. The SMILES string of the molecule is O=C(O)C1C[C@H](C(F)(F)F)CN(C(=O)O)C1=O. The number of hydrogen-bond donors (Lipinski definition) is 2. The predicted octanol–water partition coefficient (Wildman–Crippen LogP) is 0.776. The second kappa shape index (κ2) is 4.22. The highest BCUT2D eigenvalue weighted by molar-refractivity contribution is 6.03. The first-order valence-corrected chi connectivity index (χ1v) is 4.48. The first-order valence-electron chi connectivity index (χ1n) is 4.48. The number of nitrogens with zero attached hydrogens (tertiary/aromatic N) is 1. The molecule has 1 fully saturated rings. The van der Waals surface area contributed by atoms with Crippen LogP contribution in [-0.4, -0.2) is 45.8 Å². The molecule has 9 heteroatoms. The largest absolute Gasteiger partial charge is 0.481 e. The van der Waals surface area contributed by atoms with Crippen LogP contribution >= 0.6 is 0 Å². The fraction of sp³-hybridized carbons (Fsp3) is 0.625. The number of carbonyl (C=O) groups excluding carboxylic acids is 1. The normalized spacial score (nSPS) is 25.8. The van der Waals surface area contributed by atoms with Crippen LogP contribution in [0.4, 0.5) is 18.0 Å². The zero-order chi connectivity index (χ0) is 13.4. The number of hydrogen-bond acceptors (Lipinski definition) is 3. The van der Waals surface area contributed by atoms with E-state index in [1.807, 2.05) is 0 Å². The minimum atomic E-state index is -4.73. The van der Waals surface area contributed by atoms with E-state index >= 15 is 0 Å². The van der Waals surface area contributed by atoms with Crippen molar-refractivity contribution in [2.75, 3.05) is 6.54 Å². The monoisotopic (exact) mass is 255 g/mol. The Hall–Kier alpha value is -1.80. The van der Waals surface area contributed by atoms with Gasteiger partial charge < -0.3 is 10.2 Å². The van der Waals surface area contributed by atoms with E-state index in [2.05, 4.69) is 0 Å². The molecule has 6 nitrogen and oxygen atoms in total. The summed E-state index contributed by atoms with van der Waals surface area (Å²) >= 11 is 0. The molecular weight excluding hydrogens is 247 g/mol. The second-order valence-electron chi connectivity index (χ2n) is 3.60. The Labute approximate surface area is 92.6 Å². The van der Waals surface area contributed by atoms with Gasteiger partial charge in [-0.25, -0.2) is 9.69 Å². The van der Waals surface area contributed by atoms with Gasteiger partial charge in [-0.05, 0) is 6.42 Å². The molecule has 0 aromatic heterocycles. The van der Waals surface area contributed by atoms with Crippen molar-refractivity contribution in [3.63, 3.8) is 0 Å². The smallest absolute Gasteiger partial charge is 0.414 e. The lowest BCUT2D eigenvalue weighted by molar-refractivity contribution is -0.194. The van der Waals surface area contributed by atoms with E-state index in [9.17, 15) is 27.6 Å². The van der Waals surface area contributed by atoms with Crippen molar-refractivity contribution in [3.8, 4) is 0 Å². The summed E-state index contributed by atoms with van der Waals surface area (Å²) in [6.45, 7) is -1.05. The quantitative estimate of drug-likeness (QED) is 0.675. The zero-order valence-corrected chi connectivity index (χ0v) is 8.27. The minimum absolute atomic E-state index is 0.0968. The van der Waals surface area contributed by atoms with Crippen LogP contribution in [0.25, 0.3) is 0 Å². The molecule has 1 unspecified atom stereocenters. The average molecular weight is 255 g/mol. The third-order valence-electron chi connectivity index (χ3n) is 2.48. The predicted molar refractivity (Wildman–Crippen MR) is 45.0 cm³/mol. The summed E-state index contributed by atoms with van der Waals surface area (Å²) in [5, 5.41) is 17.1. The molecule has 17 heavy (non-hydrogen) atoms. The van der Waals surface area contributed by atoms with Gasteiger partial charge in [-0.2, -0.15) is 13.2 Å². The molecule has 0 aromatic rings. The number of carboxylic acids is 1. The van der Waals surface area contributed by atoms with Crippen LogP contribution in [0.15, 0.2) is 0 Å². The second-order valence-corrected chi connectivity index (χ2v) is 3.60. The lowest BCUT2D eigenvalue weighted by atomic mass is 9.88. The lowest BCUT2D eigenvalue weighted by Crippen LogP contribution is -2.53. The van der Waals surface area contributed by atoms with Gasteiger partial charge in [0.15, 0.2) is 0 Å². The molecule has 0 aromatic carbocycles. The molecule has 1 aliphatic heterocycles. The minimum Gasteiger partial charge on any atom is -0.481 e. The molecule has 0 radical (unpaired) electrons. The molecule has 0 spiro atoms. The standard InChI is InChI=1S/C8H8F3NO5/c9-8(10,11)3-1-4(6(14)15)5(13)12(2-3)7(16)17/h3-4H,1-2H2,(H,14,15)(H,16,17)/t3-,4?/m0/s1. The molecule has 1 rings (SSSR count). The van der Waals surface area contributed by atoms with Crippen LogP contribution in [0.1, 0.15) is 6.42 Å². The van der Waals surface area contributed by atoms with Gasteiger partial charge in [0.25, 0.3) is 0 Å². The highest BCUT2D eigenvalue weighted by atomic mass is 19.4. The van der Waals surface area contributed by atoms with Crippen LogP contribution in [0.5, 0.6) is 0 Å². The van der Waals surface area contributed by atoms with Crippen molar-refractivity contribution < 1.29 is 37.8 Å². The maximum atomic E-state index is 12.4. The topological polar surface area (TPSA) is 94.9 Å². The third kappa shape index (κ3) is 2.66. The van der Waals surface area contributed by atoms with Crippen molar-refractivity contribution in [1.29, 1.82) is 0 Å². The fourth-order valence-corrected chi connectivity index (χ4v) is 1.57. The molecule has 2 amide bonds. The molecule has 0 aliphatic carbocycles. The van der Waals surface area contributed by atoms with Crippen LogP contribution < -0.4 is 0 Å². The number of carboxylic acid groups (broad SMARTS) is 2. The number of likely N-dealkylation sites (tertiary alicyclic amines) is 1. The Morgan fingerprint density at radius 3 is 2.18 bits per heavy atom. The summed E-state index contributed by atoms with van der Waals surface area (Å²) < 4.78 is 37.3. The third-order valence-corrected chi connectivity index (χ3v) is 2.48. The molecule has 96 valence electrons. The highest BCUT2D eigenvalue weighted by Gasteiger charge is 2.51. The Morgan fingerprint density at radius 2 is 1.82 bits per heavy atom. The van der Waals surface area contributed by atoms with Crippen molar-refractivity contribution in [2.45, 2.75) is 12.6 Å². The molecule has 0 bridgehead atoms. The van der Waals surface area contributed by atoms with Crippen LogP contribution in [0.2, 0.25) is 0 Å². The van der Waals surface area contributed by atoms with Crippen LogP contribution in [-0.2, 0) is 9.59 Å².